The highest BCUT2D eigenvalue weighted by molar-refractivity contribution is 5.72. The van der Waals surface area contributed by atoms with Crippen LogP contribution in [0.1, 0.15) is 40.0 Å². The largest absolute Gasteiger partial charge is 0.477 e. The van der Waals surface area contributed by atoms with Crippen LogP contribution in [0.15, 0.2) is 0 Å². The zero-order valence-electron chi connectivity index (χ0n) is 13.5. The molecule has 2 N–H and O–H groups in total. The van der Waals surface area contributed by atoms with E-state index in [1.807, 2.05) is 41.9 Å². The van der Waals surface area contributed by atoms with Crippen LogP contribution in [0.5, 0.6) is 0 Å². The Morgan fingerprint density at radius 2 is 1.75 bits per heavy atom. The van der Waals surface area contributed by atoms with E-state index in [9.17, 15) is 14.7 Å². The Labute approximate surface area is 121 Å². The van der Waals surface area contributed by atoms with E-state index in [0.717, 1.165) is 12.8 Å². The molecule has 0 spiro atoms. The first-order chi connectivity index (χ1) is 8.93. The average molecular weight is 289 g/mol. The summed E-state index contributed by atoms with van der Waals surface area (Å²) in [7, 11) is 5.62. The lowest BCUT2D eigenvalue weighted by molar-refractivity contribution is -0.887. The number of nitrogens with one attached hydrogen (secondary N) is 1. The Morgan fingerprint density at radius 3 is 2.15 bits per heavy atom. The van der Waals surface area contributed by atoms with Gasteiger partial charge in [0.1, 0.15) is 5.60 Å². The second kappa shape index (κ2) is 7.47. The van der Waals surface area contributed by atoms with Gasteiger partial charge in [0, 0.05) is 13.0 Å². The van der Waals surface area contributed by atoms with Gasteiger partial charge in [0.25, 0.3) is 0 Å². The van der Waals surface area contributed by atoms with Gasteiger partial charge in [0.15, 0.2) is 6.04 Å². The van der Waals surface area contributed by atoms with Gasteiger partial charge in [-0.15, -0.1) is 0 Å². The van der Waals surface area contributed by atoms with Crippen molar-refractivity contribution >= 4 is 12.1 Å². The van der Waals surface area contributed by atoms with Crippen LogP contribution in [0.2, 0.25) is 0 Å². The topological polar surface area (TPSA) is 75.6 Å². The Hall–Kier alpha value is -1.30. The molecule has 0 bridgehead atoms. The summed E-state index contributed by atoms with van der Waals surface area (Å²) in [6.45, 7) is 5.93. The second-order valence-corrected chi connectivity index (χ2v) is 6.89. The average Bonchev–Trinajstić information content (AvgIpc) is 2.17. The number of alkyl carbamates (subject to hydrolysis) is 1. The number of carbonyl (C=O) groups is 2. The van der Waals surface area contributed by atoms with E-state index in [4.69, 9.17) is 4.74 Å². The molecule has 1 amide bonds. The van der Waals surface area contributed by atoms with E-state index in [1.165, 1.54) is 0 Å². The van der Waals surface area contributed by atoms with Crippen LogP contribution in [0, 0.1) is 0 Å². The first-order valence-corrected chi connectivity index (χ1v) is 6.94. The number of carboxylic acids is 1. The molecule has 0 aliphatic rings. The zero-order chi connectivity index (χ0) is 16.0. The minimum absolute atomic E-state index is 0.398. The maximum absolute atomic E-state index is 11.4. The number of hydrogen-bond donors (Lipinski definition) is 2. The number of nitrogens with zero attached hydrogens (tertiary/aromatic N) is 1. The van der Waals surface area contributed by atoms with Crippen molar-refractivity contribution in [1.82, 2.24) is 5.32 Å². The monoisotopic (exact) mass is 289 g/mol. The number of likely N-dealkylation sites (N-methyl/N-ethyl adjacent to an activating group) is 1. The normalized spacial score (nSPS) is 13.7. The van der Waals surface area contributed by atoms with E-state index >= 15 is 0 Å². The summed E-state index contributed by atoms with van der Waals surface area (Å²) >= 11 is 0. The quantitative estimate of drug-likeness (QED) is 0.554. The maximum Gasteiger partial charge on any atom is 0.407 e. The molecular formula is C14H29N2O4+. The van der Waals surface area contributed by atoms with Gasteiger partial charge in [-0.25, -0.2) is 9.59 Å². The molecule has 6 nitrogen and oxygen atoms in total. The van der Waals surface area contributed by atoms with Crippen LogP contribution in [0.25, 0.3) is 0 Å². The molecule has 0 radical (unpaired) electrons. The van der Waals surface area contributed by atoms with Gasteiger partial charge >= 0.3 is 12.1 Å². The Kier molecular flexibility index (Phi) is 6.99. The van der Waals surface area contributed by atoms with Crippen LogP contribution in [-0.4, -0.2) is 61.0 Å². The predicted octanol–water partition coefficient (Wildman–Crippen LogP) is 1.84. The minimum Gasteiger partial charge on any atom is -0.477 e. The van der Waals surface area contributed by atoms with Gasteiger partial charge < -0.3 is 19.6 Å². The summed E-state index contributed by atoms with van der Waals surface area (Å²) < 4.78 is 5.51. The fourth-order valence-electron chi connectivity index (χ4n) is 1.81. The molecule has 0 aromatic heterocycles. The van der Waals surface area contributed by atoms with Crippen LogP contribution in [0.3, 0.4) is 0 Å². The standard InChI is InChI=1S/C14H28N2O4/c1-14(2,3)20-13(19)15-10-8-7-9-11(12(17)18)16(4,5)6/h11H,7-10H2,1-6H3,(H-,15,17,18,19)/p+1/t11-/m1/s1. The van der Waals surface area contributed by atoms with Crippen molar-refractivity contribution < 1.29 is 23.9 Å². The Bertz CT molecular complexity index is 329. The second-order valence-electron chi connectivity index (χ2n) is 6.89. The van der Waals surface area contributed by atoms with Gasteiger partial charge in [-0.1, -0.05) is 0 Å². The van der Waals surface area contributed by atoms with Crippen molar-refractivity contribution in [2.24, 2.45) is 0 Å². The summed E-state index contributed by atoms with van der Waals surface area (Å²) in [5.41, 5.74) is -0.498. The number of amides is 1. The molecular weight excluding hydrogens is 260 g/mol. The zero-order valence-corrected chi connectivity index (χ0v) is 13.5. The molecule has 0 unspecified atom stereocenters. The number of ether oxygens (including phenoxy) is 1. The lowest BCUT2D eigenvalue weighted by atomic mass is 10.1. The number of quaternary nitrogens is 1. The number of carboxylic acid groups (broad SMARTS) is 1. The van der Waals surface area contributed by atoms with Crippen molar-refractivity contribution in [1.29, 1.82) is 0 Å². The van der Waals surface area contributed by atoms with Crippen molar-refractivity contribution in [2.45, 2.75) is 51.7 Å². The van der Waals surface area contributed by atoms with E-state index in [2.05, 4.69) is 5.32 Å². The molecule has 0 saturated carbocycles. The fraction of sp³-hybridized carbons (Fsp3) is 0.857. The molecule has 118 valence electrons. The summed E-state index contributed by atoms with van der Waals surface area (Å²) in [5.74, 6) is -0.780. The van der Waals surface area contributed by atoms with Crippen LogP contribution >= 0.6 is 0 Å². The van der Waals surface area contributed by atoms with Gasteiger partial charge in [-0.2, -0.15) is 0 Å². The fourth-order valence-corrected chi connectivity index (χ4v) is 1.81. The first kappa shape index (κ1) is 18.7. The third-order valence-electron chi connectivity index (χ3n) is 2.79. The highest BCUT2D eigenvalue weighted by atomic mass is 16.6. The minimum atomic E-state index is -0.780. The molecule has 20 heavy (non-hydrogen) atoms. The molecule has 0 fully saturated rings. The molecule has 0 aromatic rings. The van der Waals surface area contributed by atoms with Gasteiger partial charge in [0.2, 0.25) is 0 Å². The smallest absolute Gasteiger partial charge is 0.407 e. The number of hydrogen-bond acceptors (Lipinski definition) is 3. The molecule has 0 aromatic carbocycles. The number of carbonyl (C=O) groups excluding carboxylic acids is 1. The Morgan fingerprint density at radius 1 is 1.20 bits per heavy atom. The predicted molar refractivity (Wildman–Crippen MR) is 77.5 cm³/mol. The lowest BCUT2D eigenvalue weighted by Crippen LogP contribution is -2.49. The highest BCUT2D eigenvalue weighted by Gasteiger charge is 2.30. The number of rotatable bonds is 7. The highest BCUT2D eigenvalue weighted by Crippen LogP contribution is 2.12. The van der Waals surface area contributed by atoms with Crippen LogP contribution < -0.4 is 5.32 Å². The SMILES string of the molecule is CC(C)(C)OC(=O)NCCCC[C@H](C(=O)O)[N+](C)(C)C. The molecule has 0 saturated heterocycles. The van der Waals surface area contributed by atoms with Gasteiger partial charge in [-0.05, 0) is 33.6 Å². The van der Waals surface area contributed by atoms with E-state index < -0.39 is 23.7 Å². The summed E-state index contributed by atoms with van der Waals surface area (Å²) in [5, 5.41) is 11.8. The van der Waals surface area contributed by atoms with E-state index in [0.29, 0.717) is 17.4 Å². The van der Waals surface area contributed by atoms with Crippen molar-refractivity contribution in [3.8, 4) is 0 Å². The number of aliphatic carboxylic acids is 1. The van der Waals surface area contributed by atoms with Crippen molar-refractivity contribution in [3.63, 3.8) is 0 Å². The first-order valence-electron chi connectivity index (χ1n) is 6.94. The molecule has 0 aliphatic heterocycles. The summed E-state index contributed by atoms with van der Waals surface area (Å²) in [6.07, 6.45) is 1.65. The molecule has 0 heterocycles. The van der Waals surface area contributed by atoms with Gasteiger partial charge in [0.05, 0.1) is 21.1 Å². The molecule has 0 rings (SSSR count). The van der Waals surface area contributed by atoms with Crippen LogP contribution in [0.4, 0.5) is 4.79 Å². The summed E-state index contributed by atoms with van der Waals surface area (Å²) in [4.78, 5) is 22.6. The molecule has 1 atom stereocenters. The number of unbranched alkanes of at least 4 members (excludes halogenated alkanes) is 1. The third-order valence-corrected chi connectivity index (χ3v) is 2.79. The van der Waals surface area contributed by atoms with Crippen molar-refractivity contribution in [3.05, 3.63) is 0 Å². The molecule has 6 heteroatoms. The van der Waals surface area contributed by atoms with Gasteiger partial charge in [-0.3, -0.25) is 0 Å². The maximum atomic E-state index is 11.4. The summed E-state index contributed by atoms with van der Waals surface area (Å²) in [6, 6.07) is -0.420. The lowest BCUT2D eigenvalue weighted by Gasteiger charge is -2.31. The van der Waals surface area contributed by atoms with E-state index in [-0.39, 0.29) is 0 Å². The molecule has 0 aliphatic carbocycles. The third kappa shape index (κ3) is 8.74. The van der Waals surface area contributed by atoms with Crippen molar-refractivity contribution in [2.75, 3.05) is 27.7 Å². The van der Waals surface area contributed by atoms with Crippen LogP contribution in [-0.2, 0) is 9.53 Å². The van der Waals surface area contributed by atoms with E-state index in [1.54, 1.807) is 0 Å². The Balaban J connectivity index is 3.92.